The van der Waals surface area contributed by atoms with Crippen molar-refractivity contribution in [3.8, 4) is 0 Å². The van der Waals surface area contributed by atoms with Crippen molar-refractivity contribution in [2.24, 2.45) is 0 Å². The van der Waals surface area contributed by atoms with E-state index in [1.54, 1.807) is 0 Å². The Kier molecular flexibility index (Phi) is 4.27. The van der Waals surface area contributed by atoms with Gasteiger partial charge in [-0.05, 0) is 17.8 Å². The molecule has 0 heterocycles. The molecule has 18 heavy (non-hydrogen) atoms. The molecule has 0 bridgehead atoms. The largest absolute Gasteiger partial charge is 0.545 e. The smallest absolute Gasteiger partial charge is 0.286 e. The van der Waals surface area contributed by atoms with Crippen LogP contribution in [0.25, 0.3) is 0 Å². The van der Waals surface area contributed by atoms with Crippen molar-refractivity contribution in [1.82, 2.24) is 4.90 Å². The number of carbonyl (C=O) groups excluding carboxylic acids is 2. The number of thioether (sulfide) groups is 1. The molecule has 1 amide bonds. The fourth-order valence-electron chi connectivity index (χ4n) is 1.06. The molecule has 0 atom stereocenters. The summed E-state index contributed by atoms with van der Waals surface area (Å²) in [6.45, 7) is 0. The molecule has 0 fully saturated rings. The summed E-state index contributed by atoms with van der Waals surface area (Å²) in [6, 6.07) is 3.25. The van der Waals surface area contributed by atoms with Gasteiger partial charge in [0.05, 0.1) is 15.8 Å². The maximum atomic E-state index is 11.4. The van der Waals surface area contributed by atoms with E-state index < -0.39 is 16.6 Å². The summed E-state index contributed by atoms with van der Waals surface area (Å²) < 4.78 is 0. The monoisotopic (exact) mass is 269 g/mol. The second kappa shape index (κ2) is 5.50. The molecule has 0 N–H and O–H groups in total. The van der Waals surface area contributed by atoms with Crippen LogP contribution in [0.4, 0.5) is 10.5 Å². The lowest BCUT2D eigenvalue weighted by Crippen LogP contribution is -2.22. The SMILES string of the molecule is CN(C)C(=O)Sc1ccc(C(=O)[O-])cc1[N+](=O)[O-]. The van der Waals surface area contributed by atoms with Crippen molar-refractivity contribution in [3.05, 3.63) is 33.9 Å². The maximum absolute atomic E-state index is 11.4. The summed E-state index contributed by atoms with van der Waals surface area (Å²) in [4.78, 5) is 33.5. The van der Waals surface area contributed by atoms with Crippen LogP contribution in [-0.4, -0.2) is 35.1 Å². The maximum Gasteiger partial charge on any atom is 0.286 e. The molecular weight excluding hydrogens is 260 g/mol. The third kappa shape index (κ3) is 3.20. The molecule has 7 nitrogen and oxygen atoms in total. The predicted octanol–water partition coefficient (Wildman–Crippen LogP) is 0.732. The van der Waals surface area contributed by atoms with E-state index in [9.17, 15) is 24.8 Å². The molecule has 0 saturated carbocycles. The topological polar surface area (TPSA) is 104 Å². The van der Waals surface area contributed by atoms with Gasteiger partial charge in [0.15, 0.2) is 0 Å². The lowest BCUT2D eigenvalue weighted by Gasteiger charge is -2.10. The van der Waals surface area contributed by atoms with E-state index in [-0.39, 0.29) is 15.7 Å². The number of carboxylic acid groups (broad SMARTS) is 1. The van der Waals surface area contributed by atoms with Crippen molar-refractivity contribution in [2.75, 3.05) is 14.1 Å². The fourth-order valence-corrected chi connectivity index (χ4v) is 1.80. The Morgan fingerprint density at radius 3 is 2.39 bits per heavy atom. The van der Waals surface area contributed by atoms with Crippen molar-refractivity contribution in [2.45, 2.75) is 4.90 Å². The van der Waals surface area contributed by atoms with Gasteiger partial charge in [-0.3, -0.25) is 14.9 Å². The van der Waals surface area contributed by atoms with Gasteiger partial charge in [-0.25, -0.2) is 0 Å². The molecule has 1 aromatic rings. The lowest BCUT2D eigenvalue weighted by atomic mass is 10.2. The number of carboxylic acids is 1. The molecule has 0 spiro atoms. The van der Waals surface area contributed by atoms with E-state index >= 15 is 0 Å². The van der Waals surface area contributed by atoms with Crippen LogP contribution >= 0.6 is 11.8 Å². The summed E-state index contributed by atoms with van der Waals surface area (Å²) in [5, 5.41) is 21.0. The van der Waals surface area contributed by atoms with Crippen LogP contribution in [0.1, 0.15) is 10.4 Å². The van der Waals surface area contributed by atoms with E-state index in [0.29, 0.717) is 11.8 Å². The first kappa shape index (κ1) is 14.0. The molecule has 0 aliphatic rings. The Hall–Kier alpha value is -2.09. The number of nitro groups is 1. The Bertz CT molecular complexity index is 515. The number of hydrogen-bond donors (Lipinski definition) is 0. The lowest BCUT2D eigenvalue weighted by molar-refractivity contribution is -0.387. The quantitative estimate of drug-likeness (QED) is 0.455. The van der Waals surface area contributed by atoms with Gasteiger partial charge >= 0.3 is 0 Å². The average Bonchev–Trinajstić information content (AvgIpc) is 2.28. The predicted molar refractivity (Wildman–Crippen MR) is 62.4 cm³/mol. The molecule has 0 saturated heterocycles. The standard InChI is InChI=1S/C10H10N2O5S/c1-11(2)10(15)18-8-4-3-6(9(13)14)5-7(8)12(16)17/h3-5H,1-2H3,(H,13,14)/p-1. The molecular formula is C10H9N2O5S-. The van der Waals surface area contributed by atoms with Gasteiger partial charge in [-0.1, -0.05) is 6.07 Å². The van der Waals surface area contributed by atoms with Crippen molar-refractivity contribution < 1.29 is 19.6 Å². The summed E-state index contributed by atoms with van der Waals surface area (Å²) in [7, 11) is 3.02. The molecule has 8 heteroatoms. The third-order valence-corrected chi connectivity index (χ3v) is 3.06. The Labute approximate surface area is 107 Å². The van der Waals surface area contributed by atoms with Gasteiger partial charge in [0.1, 0.15) is 0 Å². The van der Waals surface area contributed by atoms with Crippen LogP contribution in [0, 0.1) is 10.1 Å². The van der Waals surface area contributed by atoms with E-state index in [4.69, 9.17) is 0 Å². The minimum atomic E-state index is -1.51. The van der Waals surface area contributed by atoms with E-state index in [2.05, 4.69) is 0 Å². The second-order valence-electron chi connectivity index (χ2n) is 3.49. The molecule has 1 rings (SSSR count). The molecule has 0 aliphatic carbocycles. The first-order chi connectivity index (χ1) is 8.32. The Morgan fingerprint density at radius 1 is 1.33 bits per heavy atom. The zero-order chi connectivity index (χ0) is 13.9. The molecule has 0 aliphatic heterocycles. The highest BCUT2D eigenvalue weighted by Gasteiger charge is 2.19. The van der Waals surface area contributed by atoms with E-state index in [1.807, 2.05) is 0 Å². The third-order valence-electron chi connectivity index (χ3n) is 1.95. The van der Waals surface area contributed by atoms with Gasteiger partial charge < -0.3 is 14.8 Å². The summed E-state index contributed by atoms with van der Waals surface area (Å²) in [5.41, 5.74) is -0.736. The molecule has 0 radical (unpaired) electrons. The van der Waals surface area contributed by atoms with Crippen molar-refractivity contribution in [1.29, 1.82) is 0 Å². The average molecular weight is 269 g/mol. The van der Waals surface area contributed by atoms with Gasteiger partial charge in [-0.2, -0.15) is 0 Å². The number of amides is 1. The van der Waals surface area contributed by atoms with Crippen molar-refractivity contribution in [3.63, 3.8) is 0 Å². The number of rotatable bonds is 3. The van der Waals surface area contributed by atoms with Gasteiger partial charge in [-0.15, -0.1) is 0 Å². The number of benzene rings is 1. The summed E-state index contributed by atoms with van der Waals surface area (Å²) in [6.07, 6.45) is 0. The Morgan fingerprint density at radius 2 is 1.94 bits per heavy atom. The molecule has 0 unspecified atom stereocenters. The highest BCUT2D eigenvalue weighted by Crippen LogP contribution is 2.31. The summed E-state index contributed by atoms with van der Waals surface area (Å²) in [5.74, 6) is -1.51. The number of aromatic carboxylic acids is 1. The first-order valence-electron chi connectivity index (χ1n) is 4.72. The molecule has 0 aromatic heterocycles. The highest BCUT2D eigenvalue weighted by atomic mass is 32.2. The number of carbonyl (C=O) groups is 2. The minimum Gasteiger partial charge on any atom is -0.545 e. The van der Waals surface area contributed by atoms with E-state index in [0.717, 1.165) is 12.1 Å². The number of hydrogen-bond acceptors (Lipinski definition) is 6. The molecule has 1 aromatic carbocycles. The first-order valence-corrected chi connectivity index (χ1v) is 5.53. The van der Waals surface area contributed by atoms with Gasteiger partial charge in [0.25, 0.3) is 10.9 Å². The zero-order valence-electron chi connectivity index (χ0n) is 9.58. The van der Waals surface area contributed by atoms with Crippen LogP contribution in [0.5, 0.6) is 0 Å². The minimum absolute atomic E-state index is 0.0868. The Balaban J connectivity index is 3.16. The van der Waals surface area contributed by atoms with Gasteiger partial charge in [0, 0.05) is 25.7 Å². The van der Waals surface area contributed by atoms with E-state index in [1.165, 1.54) is 25.1 Å². The van der Waals surface area contributed by atoms with Crippen LogP contribution in [-0.2, 0) is 0 Å². The second-order valence-corrected chi connectivity index (χ2v) is 4.48. The van der Waals surface area contributed by atoms with Crippen LogP contribution in [0.15, 0.2) is 23.1 Å². The van der Waals surface area contributed by atoms with Crippen LogP contribution in [0.3, 0.4) is 0 Å². The van der Waals surface area contributed by atoms with Crippen LogP contribution in [0.2, 0.25) is 0 Å². The van der Waals surface area contributed by atoms with Crippen LogP contribution < -0.4 is 5.11 Å². The van der Waals surface area contributed by atoms with Gasteiger partial charge in [0.2, 0.25) is 0 Å². The zero-order valence-corrected chi connectivity index (χ0v) is 10.4. The van der Waals surface area contributed by atoms with Crippen molar-refractivity contribution >= 4 is 28.7 Å². The summed E-state index contributed by atoms with van der Waals surface area (Å²) >= 11 is 0.659. The highest BCUT2D eigenvalue weighted by molar-refractivity contribution is 8.13. The molecule has 96 valence electrons. The number of nitrogens with zero attached hydrogens (tertiary/aromatic N) is 2. The normalized spacial score (nSPS) is 9.89. The number of nitro benzene ring substituents is 1. The fraction of sp³-hybridized carbons (Fsp3) is 0.200.